The van der Waals surface area contributed by atoms with E-state index in [2.05, 4.69) is 31.1 Å². The summed E-state index contributed by atoms with van der Waals surface area (Å²) in [5.41, 5.74) is -0.0756. The van der Waals surface area contributed by atoms with E-state index < -0.39 is 0 Å². The van der Waals surface area contributed by atoms with Gasteiger partial charge < -0.3 is 20.1 Å². The Labute approximate surface area is 117 Å². The molecular formula is C15H30N2O2. The first-order valence-electron chi connectivity index (χ1n) is 7.74. The number of aliphatic hydroxyl groups excluding tert-OH is 1. The Morgan fingerprint density at radius 2 is 2.00 bits per heavy atom. The molecule has 0 bridgehead atoms. The molecule has 0 aromatic carbocycles. The molecule has 2 N–H and O–H groups in total. The Morgan fingerprint density at radius 1 is 1.32 bits per heavy atom. The lowest BCUT2D eigenvalue weighted by Gasteiger charge is -2.37. The molecule has 2 rings (SSSR count). The normalized spacial score (nSPS) is 23.1. The maximum atomic E-state index is 9.91. The molecule has 2 aliphatic carbocycles. The Balaban J connectivity index is 1.80. The lowest BCUT2D eigenvalue weighted by Crippen LogP contribution is -2.58. The number of likely N-dealkylation sites (N-methyl/N-ethyl adjacent to an activating group) is 1. The summed E-state index contributed by atoms with van der Waals surface area (Å²) < 4.78 is 5.61. The zero-order valence-corrected chi connectivity index (χ0v) is 12.7. The zero-order chi connectivity index (χ0) is 13.9. The monoisotopic (exact) mass is 270 g/mol. The molecule has 19 heavy (non-hydrogen) atoms. The van der Waals surface area contributed by atoms with Crippen LogP contribution in [0, 0.1) is 5.92 Å². The molecule has 0 aromatic rings. The van der Waals surface area contributed by atoms with E-state index in [1.807, 2.05) is 0 Å². The first kappa shape index (κ1) is 15.2. The molecule has 112 valence electrons. The average molecular weight is 270 g/mol. The van der Waals surface area contributed by atoms with Gasteiger partial charge >= 0.3 is 0 Å². The summed E-state index contributed by atoms with van der Waals surface area (Å²) >= 11 is 0. The van der Waals surface area contributed by atoms with Gasteiger partial charge in [0, 0.05) is 19.1 Å². The van der Waals surface area contributed by atoms with Crippen molar-refractivity contribution in [1.29, 1.82) is 0 Å². The van der Waals surface area contributed by atoms with Crippen LogP contribution in [-0.2, 0) is 4.74 Å². The van der Waals surface area contributed by atoms with Gasteiger partial charge in [-0.2, -0.15) is 0 Å². The van der Waals surface area contributed by atoms with Gasteiger partial charge in [-0.25, -0.2) is 0 Å². The van der Waals surface area contributed by atoms with Gasteiger partial charge in [-0.05, 0) is 52.5 Å². The van der Waals surface area contributed by atoms with Gasteiger partial charge in [0.25, 0.3) is 0 Å². The van der Waals surface area contributed by atoms with Crippen LogP contribution in [-0.4, -0.2) is 61.0 Å². The predicted molar refractivity (Wildman–Crippen MR) is 77.3 cm³/mol. The Kier molecular flexibility index (Phi) is 5.23. The van der Waals surface area contributed by atoms with Gasteiger partial charge in [-0.3, -0.25) is 0 Å². The van der Waals surface area contributed by atoms with E-state index in [9.17, 15) is 5.11 Å². The number of aliphatic hydroxyl groups is 1. The van der Waals surface area contributed by atoms with E-state index in [0.717, 1.165) is 19.7 Å². The lowest BCUT2D eigenvalue weighted by atomic mass is 9.93. The molecule has 0 aliphatic heterocycles. The van der Waals surface area contributed by atoms with Crippen LogP contribution >= 0.6 is 0 Å². The minimum absolute atomic E-state index is 0.0756. The third-order valence-electron chi connectivity index (χ3n) is 4.19. The number of nitrogens with one attached hydrogen (secondary N) is 1. The van der Waals surface area contributed by atoms with E-state index in [4.69, 9.17) is 4.74 Å². The van der Waals surface area contributed by atoms with Gasteiger partial charge in [-0.15, -0.1) is 0 Å². The first-order chi connectivity index (χ1) is 9.05. The summed E-state index contributed by atoms with van der Waals surface area (Å²) in [6, 6.07) is 0.646. The van der Waals surface area contributed by atoms with Gasteiger partial charge in [-0.1, -0.05) is 0 Å². The summed E-state index contributed by atoms with van der Waals surface area (Å²) in [4.78, 5) is 2.30. The van der Waals surface area contributed by atoms with Crippen LogP contribution < -0.4 is 5.32 Å². The summed E-state index contributed by atoms with van der Waals surface area (Å²) in [5, 5.41) is 13.6. The van der Waals surface area contributed by atoms with Crippen molar-refractivity contribution in [2.75, 3.05) is 33.4 Å². The van der Waals surface area contributed by atoms with Gasteiger partial charge in [0.2, 0.25) is 0 Å². The van der Waals surface area contributed by atoms with Gasteiger partial charge in [0.1, 0.15) is 0 Å². The van der Waals surface area contributed by atoms with E-state index >= 15 is 0 Å². The molecule has 4 nitrogen and oxygen atoms in total. The summed E-state index contributed by atoms with van der Waals surface area (Å²) in [6.07, 6.45) is 5.36. The molecule has 4 heteroatoms. The van der Waals surface area contributed by atoms with Crippen molar-refractivity contribution < 1.29 is 9.84 Å². The highest BCUT2D eigenvalue weighted by atomic mass is 16.5. The maximum absolute atomic E-state index is 9.91. The van der Waals surface area contributed by atoms with Crippen molar-refractivity contribution in [1.82, 2.24) is 10.2 Å². The molecular weight excluding hydrogens is 240 g/mol. The standard InChI is InChI=1S/C15H30N2O2/c1-12(2)19-9-8-17(3)10-15(11-18,13-4-5-13)16-14-6-7-14/h12-14,16,18H,4-11H2,1-3H3. The van der Waals surface area contributed by atoms with Crippen LogP contribution in [0.1, 0.15) is 39.5 Å². The van der Waals surface area contributed by atoms with Crippen LogP contribution in [0.5, 0.6) is 0 Å². The molecule has 1 atom stereocenters. The smallest absolute Gasteiger partial charge is 0.0628 e. The minimum atomic E-state index is -0.0756. The van der Waals surface area contributed by atoms with Crippen molar-refractivity contribution in [2.24, 2.45) is 5.92 Å². The molecule has 0 heterocycles. The third kappa shape index (κ3) is 4.71. The number of nitrogens with zero attached hydrogens (tertiary/aromatic N) is 1. The Bertz CT molecular complexity index is 277. The fraction of sp³-hybridized carbons (Fsp3) is 1.00. The van der Waals surface area contributed by atoms with Crippen molar-refractivity contribution >= 4 is 0 Å². The Morgan fingerprint density at radius 3 is 2.47 bits per heavy atom. The minimum Gasteiger partial charge on any atom is -0.394 e. The molecule has 1 unspecified atom stereocenters. The fourth-order valence-electron chi connectivity index (χ4n) is 2.79. The second kappa shape index (κ2) is 6.53. The van der Waals surface area contributed by atoms with Crippen LogP contribution in [0.4, 0.5) is 0 Å². The van der Waals surface area contributed by atoms with Gasteiger partial charge in [0.05, 0.1) is 24.9 Å². The molecule has 0 amide bonds. The molecule has 0 radical (unpaired) electrons. The van der Waals surface area contributed by atoms with E-state index in [0.29, 0.717) is 18.1 Å². The lowest BCUT2D eigenvalue weighted by molar-refractivity contribution is 0.0470. The number of hydrogen-bond acceptors (Lipinski definition) is 4. The molecule has 2 aliphatic rings. The Hall–Kier alpha value is -0.160. The average Bonchev–Trinajstić information content (AvgIpc) is 3.20. The van der Waals surface area contributed by atoms with Crippen LogP contribution in [0.15, 0.2) is 0 Å². The van der Waals surface area contributed by atoms with Crippen molar-refractivity contribution in [3.05, 3.63) is 0 Å². The summed E-state index contributed by atoms with van der Waals surface area (Å²) in [5.74, 6) is 0.659. The van der Waals surface area contributed by atoms with E-state index in [1.54, 1.807) is 0 Å². The second-order valence-electron chi connectivity index (χ2n) is 6.66. The SMILES string of the molecule is CC(C)OCCN(C)CC(CO)(NC1CC1)C1CC1. The topological polar surface area (TPSA) is 44.7 Å². The molecule has 0 spiro atoms. The van der Waals surface area contributed by atoms with E-state index in [1.165, 1.54) is 25.7 Å². The maximum Gasteiger partial charge on any atom is 0.0628 e. The summed E-state index contributed by atoms with van der Waals surface area (Å²) in [6.45, 7) is 7.01. The quantitative estimate of drug-likeness (QED) is 0.627. The van der Waals surface area contributed by atoms with Crippen LogP contribution in [0.3, 0.4) is 0 Å². The molecule has 2 saturated carbocycles. The molecule has 0 saturated heterocycles. The first-order valence-corrected chi connectivity index (χ1v) is 7.74. The fourth-order valence-corrected chi connectivity index (χ4v) is 2.79. The number of ether oxygens (including phenoxy) is 1. The van der Waals surface area contributed by atoms with Crippen LogP contribution in [0.25, 0.3) is 0 Å². The molecule has 2 fully saturated rings. The van der Waals surface area contributed by atoms with Crippen molar-refractivity contribution in [3.8, 4) is 0 Å². The van der Waals surface area contributed by atoms with Crippen LogP contribution in [0.2, 0.25) is 0 Å². The van der Waals surface area contributed by atoms with Crippen molar-refractivity contribution in [3.63, 3.8) is 0 Å². The zero-order valence-electron chi connectivity index (χ0n) is 12.7. The molecule has 0 aromatic heterocycles. The van der Waals surface area contributed by atoms with E-state index in [-0.39, 0.29) is 12.1 Å². The summed E-state index contributed by atoms with van der Waals surface area (Å²) in [7, 11) is 2.13. The largest absolute Gasteiger partial charge is 0.394 e. The number of rotatable bonds is 10. The highest BCUT2D eigenvalue weighted by Gasteiger charge is 2.47. The predicted octanol–water partition coefficient (Wildman–Crippen LogP) is 1.24. The second-order valence-corrected chi connectivity index (χ2v) is 6.66. The highest BCUT2D eigenvalue weighted by Crippen LogP contribution is 2.41. The highest BCUT2D eigenvalue weighted by molar-refractivity contribution is 5.05. The van der Waals surface area contributed by atoms with Gasteiger partial charge in [0.15, 0.2) is 0 Å². The van der Waals surface area contributed by atoms with Crippen molar-refractivity contribution in [2.45, 2.75) is 57.2 Å². The number of hydrogen-bond donors (Lipinski definition) is 2. The third-order valence-corrected chi connectivity index (χ3v) is 4.19.